The molecule has 53 heavy (non-hydrogen) atoms. The van der Waals surface area contributed by atoms with Crippen LogP contribution in [0.4, 0.5) is 4.79 Å². The fourth-order valence-corrected chi connectivity index (χ4v) is 7.61. The third-order valence-electron chi connectivity index (χ3n) is 9.25. The normalized spacial score (nSPS) is 21.6. The Bertz CT molecular complexity index is 1950. The maximum absolute atomic E-state index is 14.3. The van der Waals surface area contributed by atoms with Gasteiger partial charge in [-0.2, -0.15) is 0 Å². The highest BCUT2D eigenvalue weighted by Gasteiger charge is 2.46. The third kappa shape index (κ3) is 8.88. The highest BCUT2D eigenvalue weighted by molar-refractivity contribution is 7.91. The first-order valence-corrected chi connectivity index (χ1v) is 18.8. The van der Waals surface area contributed by atoms with E-state index in [2.05, 4.69) is 16.9 Å². The lowest BCUT2D eigenvalue weighted by molar-refractivity contribution is -0.145. The average molecular weight is 757 g/mol. The van der Waals surface area contributed by atoms with Crippen LogP contribution in [-0.2, 0) is 35.6 Å². The highest BCUT2D eigenvalue weighted by Crippen LogP contribution is 2.35. The van der Waals surface area contributed by atoms with Gasteiger partial charge in [0.15, 0.2) is 5.69 Å². The van der Waals surface area contributed by atoms with Crippen molar-refractivity contribution in [3.8, 4) is 11.5 Å². The van der Waals surface area contributed by atoms with E-state index < -0.39 is 74.9 Å². The zero-order valence-corrected chi connectivity index (χ0v) is 30.5. The van der Waals surface area contributed by atoms with Gasteiger partial charge < -0.3 is 29.5 Å². The van der Waals surface area contributed by atoms with Gasteiger partial charge in [0, 0.05) is 23.9 Å². The molecule has 0 unspecified atom stereocenters. The molecule has 0 spiro atoms. The second-order valence-electron chi connectivity index (χ2n) is 13.5. The molecule has 1 aliphatic carbocycles. The molecule has 3 atom stereocenters. The van der Waals surface area contributed by atoms with Crippen LogP contribution < -0.4 is 25.4 Å². The van der Waals surface area contributed by atoms with Gasteiger partial charge in [0.25, 0.3) is 11.8 Å². The molecule has 4 amide bonds. The number of pyridine rings is 1. The number of allylic oxidation sites excluding steroid dienone is 2. The Morgan fingerprint density at radius 1 is 1.19 bits per heavy atom. The molecule has 286 valence electrons. The number of aryl methyl sites for hydroxylation is 1. The molecule has 1 aromatic heterocycles. The molecule has 3 heterocycles. The van der Waals surface area contributed by atoms with Gasteiger partial charge >= 0.3 is 12.1 Å². The molecule has 5 rings (SSSR count). The minimum atomic E-state index is -4.03. The predicted molar refractivity (Wildman–Crippen MR) is 190 cm³/mol. The van der Waals surface area contributed by atoms with Crippen molar-refractivity contribution in [1.29, 1.82) is 0 Å². The van der Waals surface area contributed by atoms with Gasteiger partial charge in [-0.1, -0.05) is 26.5 Å². The van der Waals surface area contributed by atoms with Crippen LogP contribution >= 0.6 is 0 Å². The van der Waals surface area contributed by atoms with Crippen LogP contribution in [0.3, 0.4) is 0 Å². The lowest BCUT2D eigenvalue weighted by atomic mass is 10.0. The topological polar surface area (TPSA) is 237 Å². The van der Waals surface area contributed by atoms with E-state index in [1.807, 2.05) is 4.72 Å². The predicted octanol–water partition coefficient (Wildman–Crippen LogP) is 2.15. The lowest BCUT2D eigenvalue weighted by Gasteiger charge is -2.32. The maximum Gasteiger partial charge on any atom is 0.407 e. The average Bonchev–Trinajstić information content (AvgIpc) is 3.90. The first-order chi connectivity index (χ1) is 25.1. The molecular weight excluding hydrogens is 712 g/mol. The van der Waals surface area contributed by atoms with Gasteiger partial charge in [-0.3, -0.25) is 14.4 Å². The zero-order chi connectivity index (χ0) is 38.6. The summed E-state index contributed by atoms with van der Waals surface area (Å²) in [4.78, 5) is 72.1. The third-order valence-corrected chi connectivity index (χ3v) is 11.1. The summed E-state index contributed by atoms with van der Waals surface area (Å²) in [5, 5.41) is 12.7. The number of aromatic nitrogens is 1. The summed E-state index contributed by atoms with van der Waals surface area (Å²) in [7, 11) is -2.54. The van der Waals surface area contributed by atoms with E-state index >= 15 is 0 Å². The van der Waals surface area contributed by atoms with E-state index in [1.165, 1.54) is 18.1 Å². The first kappa shape index (κ1) is 39.0. The summed E-state index contributed by atoms with van der Waals surface area (Å²) in [5.41, 5.74) is 0.216. The van der Waals surface area contributed by atoms with Crippen molar-refractivity contribution in [1.82, 2.24) is 24.9 Å². The quantitative estimate of drug-likeness (QED) is 0.0945. The van der Waals surface area contributed by atoms with Crippen LogP contribution in [0.5, 0.6) is 11.5 Å². The number of cyclic esters (lactones) is 1. The van der Waals surface area contributed by atoms with E-state index in [0.717, 1.165) is 17.7 Å². The smallest absolute Gasteiger partial charge is 0.407 e. The van der Waals surface area contributed by atoms with Crippen LogP contribution in [-0.4, -0.2) is 102 Å². The molecule has 18 heteroatoms. The number of ether oxygens (including phenoxy) is 3. The number of carboxylic acids is 1. The fourth-order valence-electron chi connectivity index (χ4n) is 6.32. The summed E-state index contributed by atoms with van der Waals surface area (Å²) in [6, 6.07) is 2.13. The van der Waals surface area contributed by atoms with Crippen LogP contribution in [0, 0.1) is 5.92 Å². The number of hydrogen-bond acceptors (Lipinski definition) is 12. The van der Waals surface area contributed by atoms with Gasteiger partial charge in [0.2, 0.25) is 15.9 Å². The summed E-state index contributed by atoms with van der Waals surface area (Å²) in [5.74, 6) is 2.24. The van der Waals surface area contributed by atoms with E-state index in [0.29, 0.717) is 54.7 Å². The number of carbonyl (C=O) groups is 5. The summed E-state index contributed by atoms with van der Waals surface area (Å²) in [6.45, 7) is 6.80. The van der Waals surface area contributed by atoms with Crippen LogP contribution in [0.1, 0.15) is 68.4 Å². The number of nitrogens with one attached hydrogen (secondary N) is 2. The Morgan fingerprint density at radius 2 is 1.92 bits per heavy atom. The van der Waals surface area contributed by atoms with E-state index in [-0.39, 0.29) is 36.5 Å². The number of rotatable bonds is 9. The number of aromatic carboxylic acids is 1. The van der Waals surface area contributed by atoms with Crippen molar-refractivity contribution in [2.45, 2.75) is 82.2 Å². The van der Waals surface area contributed by atoms with Crippen molar-refractivity contribution in [2.24, 2.45) is 11.8 Å². The molecule has 2 fully saturated rings. The molecule has 5 N–H and O–H groups in total. The number of sulfonamides is 1. The fraction of sp³-hybridized carbons (Fsp3) is 0.486. The molecule has 2 aliphatic heterocycles. The Morgan fingerprint density at radius 3 is 2.57 bits per heavy atom. The number of methoxy groups -OCH3 is 1. The number of hydrogen-bond donors (Lipinski definition) is 4. The standard InChI is InChI=1S/C35H44N6O11S/c1-5-9-26(31(42)39-53(48,49)22-11-12-22)41(36)32(43)27-15-21-18-40(27)33(44)30(19(2)3)38-35(47)51-13-8-6-7-10-20-14-23-24(16-28(20)50-4)37-25(34(45)46)17-29(23)52-21/h5,9,14,16-17,19,21-22,27,30H,1,6-8,10-13,15,18,36H2,2-4H3,(H,38,47)(H,39,42)(H,45,46)/b26-9+/t21-,27+,30+/m1/s1. The second kappa shape index (κ2) is 16.2. The van der Waals surface area contributed by atoms with Crippen molar-refractivity contribution in [3.05, 3.63) is 53.9 Å². The molecule has 17 nitrogen and oxygen atoms in total. The van der Waals surface area contributed by atoms with Crippen molar-refractivity contribution in [2.75, 3.05) is 20.3 Å². The number of carbonyl (C=O) groups excluding carboxylic acids is 4. The minimum absolute atomic E-state index is 0.0888. The monoisotopic (exact) mass is 756 g/mol. The Labute approximate surface area is 306 Å². The number of amides is 4. The molecule has 0 radical (unpaired) electrons. The summed E-state index contributed by atoms with van der Waals surface area (Å²) < 4.78 is 44.4. The lowest BCUT2D eigenvalue weighted by Crippen LogP contribution is -2.57. The Balaban J connectivity index is 1.56. The molecule has 1 aromatic carbocycles. The van der Waals surface area contributed by atoms with Crippen molar-refractivity contribution < 1.29 is 51.7 Å². The molecular formula is C35H44N6O11S. The van der Waals surface area contributed by atoms with Gasteiger partial charge in [-0.05, 0) is 62.1 Å². The van der Waals surface area contributed by atoms with E-state index in [4.69, 9.17) is 20.1 Å². The van der Waals surface area contributed by atoms with Gasteiger partial charge in [0.05, 0.1) is 31.0 Å². The van der Waals surface area contributed by atoms with Crippen LogP contribution in [0.25, 0.3) is 10.9 Å². The number of nitrogens with two attached hydrogens (primary N) is 1. The number of benzene rings is 1. The first-order valence-electron chi connectivity index (χ1n) is 17.3. The van der Waals surface area contributed by atoms with Crippen molar-refractivity contribution in [3.63, 3.8) is 0 Å². The molecule has 3 aliphatic rings. The van der Waals surface area contributed by atoms with Gasteiger partial charge in [-0.15, -0.1) is 0 Å². The second-order valence-corrected chi connectivity index (χ2v) is 15.4. The van der Waals surface area contributed by atoms with Crippen LogP contribution in [0.15, 0.2) is 42.6 Å². The van der Waals surface area contributed by atoms with E-state index in [9.17, 15) is 37.5 Å². The van der Waals surface area contributed by atoms with Crippen molar-refractivity contribution >= 4 is 50.7 Å². The summed E-state index contributed by atoms with van der Waals surface area (Å²) >= 11 is 0. The minimum Gasteiger partial charge on any atom is -0.496 e. The zero-order valence-electron chi connectivity index (χ0n) is 29.7. The molecule has 2 aromatic rings. The van der Waals surface area contributed by atoms with Crippen LogP contribution in [0.2, 0.25) is 0 Å². The Kier molecular flexibility index (Phi) is 11.9. The summed E-state index contributed by atoms with van der Waals surface area (Å²) in [6.07, 6.45) is 3.53. The number of carboxylic acid groups (broad SMARTS) is 1. The number of alkyl carbamates (subject to hydrolysis) is 1. The number of fused-ring (bicyclic) bond motifs is 3. The van der Waals surface area contributed by atoms with Gasteiger partial charge in [0.1, 0.15) is 35.4 Å². The Hall–Kier alpha value is -5.23. The number of nitrogens with zero attached hydrogens (tertiary/aromatic N) is 3. The highest BCUT2D eigenvalue weighted by atomic mass is 32.2. The van der Waals surface area contributed by atoms with E-state index in [1.54, 1.807) is 26.0 Å². The molecule has 4 bridgehead atoms. The van der Waals surface area contributed by atoms with Gasteiger partial charge in [-0.25, -0.2) is 38.6 Å². The largest absolute Gasteiger partial charge is 0.496 e. The SMILES string of the molecule is C=C/C=C(\C(=O)NS(=O)(=O)C1CC1)N(N)C(=O)[C@@H]1C[C@@H]2CN1C(=O)[C@H](C(C)C)NC(=O)OCCCCCc1cc3c(cc(C(=O)O)nc3cc1OC)O2. The maximum atomic E-state index is 14.3. The number of hydrazine groups is 1. The molecule has 1 saturated heterocycles. The molecule has 1 saturated carbocycles.